The molecule has 0 amide bonds. The summed E-state index contributed by atoms with van der Waals surface area (Å²) >= 11 is 0. The van der Waals surface area contributed by atoms with Crippen LogP contribution < -0.4 is 0 Å². The van der Waals surface area contributed by atoms with Gasteiger partial charge in [-0.15, -0.1) is 0 Å². The maximum Gasteiger partial charge on any atom is 0.308 e. The van der Waals surface area contributed by atoms with Gasteiger partial charge in [-0.3, -0.25) is 9.59 Å². The van der Waals surface area contributed by atoms with Crippen molar-refractivity contribution in [3.05, 3.63) is 0 Å². The second kappa shape index (κ2) is 30.4. The molecule has 0 heterocycles. The molecule has 0 aliphatic carbocycles. The van der Waals surface area contributed by atoms with Gasteiger partial charge in [-0.1, -0.05) is 130 Å². The quantitative estimate of drug-likeness (QED) is 0.0602. The zero-order chi connectivity index (χ0) is 30.4. The van der Waals surface area contributed by atoms with Gasteiger partial charge in [-0.2, -0.15) is 0 Å². The van der Waals surface area contributed by atoms with E-state index in [1.807, 2.05) is 14.1 Å². The van der Waals surface area contributed by atoms with E-state index in [4.69, 9.17) is 9.47 Å². The van der Waals surface area contributed by atoms with Crippen LogP contribution in [0.3, 0.4) is 0 Å². The summed E-state index contributed by atoms with van der Waals surface area (Å²) in [5.41, 5.74) is 0. The highest BCUT2D eigenvalue weighted by molar-refractivity contribution is 5.72. The second-order valence-electron chi connectivity index (χ2n) is 12.7. The van der Waals surface area contributed by atoms with Gasteiger partial charge >= 0.3 is 11.9 Å². The number of esters is 2. The minimum Gasteiger partial charge on any atom is -0.465 e. The molecule has 0 N–H and O–H groups in total. The zero-order valence-electron chi connectivity index (χ0n) is 28.3. The molecule has 0 saturated heterocycles. The molecule has 0 aromatic carbocycles. The van der Waals surface area contributed by atoms with Crippen molar-refractivity contribution in [2.24, 2.45) is 5.92 Å². The Morgan fingerprint density at radius 2 is 1.00 bits per heavy atom. The van der Waals surface area contributed by atoms with Crippen LogP contribution in [-0.4, -0.2) is 50.2 Å². The molecule has 0 aromatic rings. The summed E-state index contributed by atoms with van der Waals surface area (Å²) in [6.45, 7) is 8.06. The average molecular weight is 582 g/mol. The number of carbonyl (C=O) groups is 2. The van der Waals surface area contributed by atoms with Crippen LogP contribution in [0.2, 0.25) is 0 Å². The fourth-order valence-corrected chi connectivity index (χ4v) is 5.52. The highest BCUT2D eigenvalue weighted by atomic mass is 16.5. The SMILES string of the molecule is CCCCCCCCCCC(CCCOC(=O)C(CCCCCC)CCCCCCCC)OC(=O)CCCN(C)C. The van der Waals surface area contributed by atoms with E-state index in [1.165, 1.54) is 96.3 Å². The van der Waals surface area contributed by atoms with E-state index in [2.05, 4.69) is 25.7 Å². The molecule has 244 valence electrons. The van der Waals surface area contributed by atoms with Crippen LogP contribution >= 0.6 is 0 Å². The lowest BCUT2D eigenvalue weighted by atomic mass is 9.94. The van der Waals surface area contributed by atoms with Gasteiger partial charge in [0.2, 0.25) is 0 Å². The number of unbranched alkanes of at least 4 members (excludes halogenated alkanes) is 15. The first-order chi connectivity index (χ1) is 19.9. The van der Waals surface area contributed by atoms with Crippen LogP contribution in [0.15, 0.2) is 0 Å². The third kappa shape index (κ3) is 27.5. The molecule has 5 nitrogen and oxygen atoms in total. The first kappa shape index (κ1) is 39.9. The first-order valence-corrected chi connectivity index (χ1v) is 17.9. The maximum absolute atomic E-state index is 13.0. The van der Waals surface area contributed by atoms with E-state index >= 15 is 0 Å². The fourth-order valence-electron chi connectivity index (χ4n) is 5.52. The molecule has 0 fully saturated rings. The molecule has 0 spiro atoms. The van der Waals surface area contributed by atoms with Crippen molar-refractivity contribution in [1.29, 1.82) is 0 Å². The minimum atomic E-state index is -0.0838. The molecule has 5 heteroatoms. The smallest absolute Gasteiger partial charge is 0.308 e. The number of nitrogens with zero attached hydrogens (tertiary/aromatic N) is 1. The molecule has 41 heavy (non-hydrogen) atoms. The Hall–Kier alpha value is -1.10. The van der Waals surface area contributed by atoms with Crippen molar-refractivity contribution < 1.29 is 19.1 Å². The number of ether oxygens (including phenoxy) is 2. The molecule has 0 rings (SSSR count). The number of hydrogen-bond donors (Lipinski definition) is 0. The zero-order valence-corrected chi connectivity index (χ0v) is 28.3. The van der Waals surface area contributed by atoms with Gasteiger partial charge in [0, 0.05) is 6.42 Å². The number of hydrogen-bond acceptors (Lipinski definition) is 5. The summed E-state index contributed by atoms with van der Waals surface area (Å²) in [5.74, 6) is -0.0458. The molecular formula is C36H71NO4. The van der Waals surface area contributed by atoms with E-state index in [1.54, 1.807) is 0 Å². The Kier molecular flexibility index (Phi) is 29.5. The molecule has 2 unspecified atom stereocenters. The predicted octanol–water partition coefficient (Wildman–Crippen LogP) is 10.4. The highest BCUT2D eigenvalue weighted by Gasteiger charge is 2.20. The van der Waals surface area contributed by atoms with Crippen molar-refractivity contribution in [3.8, 4) is 0 Å². The lowest BCUT2D eigenvalue weighted by Crippen LogP contribution is -2.22. The molecule has 0 aliphatic rings. The third-order valence-corrected chi connectivity index (χ3v) is 8.22. The summed E-state index contributed by atoms with van der Waals surface area (Å²) in [6.07, 6.45) is 28.1. The summed E-state index contributed by atoms with van der Waals surface area (Å²) in [5, 5.41) is 0. The average Bonchev–Trinajstić information content (AvgIpc) is 2.94. The molecular weight excluding hydrogens is 510 g/mol. The van der Waals surface area contributed by atoms with Gasteiger partial charge in [0.15, 0.2) is 0 Å². The predicted molar refractivity (Wildman–Crippen MR) is 175 cm³/mol. The summed E-state index contributed by atoms with van der Waals surface area (Å²) in [7, 11) is 4.06. The van der Waals surface area contributed by atoms with Gasteiger partial charge in [0.05, 0.1) is 12.5 Å². The molecule has 0 radical (unpaired) electrons. The van der Waals surface area contributed by atoms with Gasteiger partial charge in [0.25, 0.3) is 0 Å². The van der Waals surface area contributed by atoms with Crippen LogP contribution in [0.4, 0.5) is 0 Å². The summed E-state index contributed by atoms with van der Waals surface area (Å²) < 4.78 is 11.7. The van der Waals surface area contributed by atoms with Crippen LogP contribution in [0, 0.1) is 5.92 Å². The van der Waals surface area contributed by atoms with Crippen LogP contribution in [0.5, 0.6) is 0 Å². The van der Waals surface area contributed by atoms with Gasteiger partial charge < -0.3 is 14.4 Å². The number of carbonyl (C=O) groups excluding carboxylic acids is 2. The second-order valence-corrected chi connectivity index (χ2v) is 12.7. The third-order valence-electron chi connectivity index (χ3n) is 8.22. The van der Waals surface area contributed by atoms with Crippen molar-refractivity contribution in [1.82, 2.24) is 4.90 Å². The standard InChI is InChI=1S/C36H71NO4/c1-6-9-12-15-17-18-20-23-28-34(41-35(38)30-24-31-37(4)5)29-25-32-40-36(39)33(26-21-14-11-8-3)27-22-19-16-13-10-7-2/h33-34H,6-32H2,1-5H3. The van der Waals surface area contributed by atoms with Crippen molar-refractivity contribution >= 4 is 11.9 Å². The van der Waals surface area contributed by atoms with Crippen molar-refractivity contribution in [2.75, 3.05) is 27.2 Å². The van der Waals surface area contributed by atoms with Crippen molar-refractivity contribution in [3.63, 3.8) is 0 Å². The van der Waals surface area contributed by atoms with Gasteiger partial charge in [-0.25, -0.2) is 0 Å². The largest absolute Gasteiger partial charge is 0.465 e. The summed E-state index contributed by atoms with van der Waals surface area (Å²) in [6, 6.07) is 0. The maximum atomic E-state index is 13.0. The van der Waals surface area contributed by atoms with Crippen LogP contribution in [-0.2, 0) is 19.1 Å². The lowest BCUT2D eigenvalue weighted by molar-refractivity contribution is -0.152. The van der Waals surface area contributed by atoms with Crippen LogP contribution in [0.1, 0.15) is 181 Å². The number of rotatable bonds is 31. The Labute approximate surface area is 256 Å². The van der Waals surface area contributed by atoms with E-state index < -0.39 is 0 Å². The molecule has 0 aliphatic heterocycles. The lowest BCUT2D eigenvalue weighted by Gasteiger charge is -2.19. The molecule has 2 atom stereocenters. The van der Waals surface area contributed by atoms with E-state index in [9.17, 15) is 9.59 Å². The Balaban J connectivity index is 4.60. The Bertz CT molecular complexity index is 580. The minimum absolute atomic E-state index is 0.00430. The topological polar surface area (TPSA) is 55.8 Å². The van der Waals surface area contributed by atoms with Gasteiger partial charge in [-0.05, 0) is 65.6 Å². The first-order valence-electron chi connectivity index (χ1n) is 17.9. The normalized spacial score (nSPS) is 12.9. The fraction of sp³-hybridized carbons (Fsp3) is 0.944. The van der Waals surface area contributed by atoms with E-state index in [0.29, 0.717) is 13.0 Å². The Morgan fingerprint density at radius 1 is 0.561 bits per heavy atom. The molecule has 0 aromatic heterocycles. The van der Waals surface area contributed by atoms with Gasteiger partial charge in [0.1, 0.15) is 6.10 Å². The Morgan fingerprint density at radius 3 is 1.51 bits per heavy atom. The molecule has 0 saturated carbocycles. The monoisotopic (exact) mass is 582 g/mol. The highest BCUT2D eigenvalue weighted by Crippen LogP contribution is 2.21. The molecule has 0 bridgehead atoms. The van der Waals surface area contributed by atoms with E-state index in [0.717, 1.165) is 64.3 Å². The van der Waals surface area contributed by atoms with E-state index in [-0.39, 0.29) is 24.0 Å². The summed E-state index contributed by atoms with van der Waals surface area (Å²) in [4.78, 5) is 27.6. The van der Waals surface area contributed by atoms with Crippen LogP contribution in [0.25, 0.3) is 0 Å². The van der Waals surface area contributed by atoms with Crippen molar-refractivity contribution in [2.45, 2.75) is 187 Å².